The van der Waals surface area contributed by atoms with Gasteiger partial charge in [0.1, 0.15) is 5.76 Å². The van der Waals surface area contributed by atoms with Crippen LogP contribution in [0.1, 0.15) is 23.2 Å². The fourth-order valence-corrected chi connectivity index (χ4v) is 2.14. The van der Waals surface area contributed by atoms with Crippen molar-refractivity contribution in [3.63, 3.8) is 0 Å². The Labute approximate surface area is 107 Å². The molecular weight excluding hydrogens is 232 g/mol. The summed E-state index contributed by atoms with van der Waals surface area (Å²) >= 11 is 0. The van der Waals surface area contributed by atoms with Crippen molar-refractivity contribution in [2.45, 2.75) is 13.5 Å². The lowest BCUT2D eigenvalue weighted by Crippen LogP contribution is -2.45. The Bertz CT molecular complexity index is 397. The molecule has 0 bridgehead atoms. The standard InChI is InChI=1S/C12H20N4O2/c1-2-15-5-7-16(8-6-15)9-10-3-4-11(18-10)12(17)14-13/h3-4H,2,5-9,13H2,1H3,(H,14,17). The minimum Gasteiger partial charge on any atom is -0.455 e. The van der Waals surface area contributed by atoms with Crippen LogP contribution in [-0.4, -0.2) is 48.4 Å². The highest BCUT2D eigenvalue weighted by atomic mass is 16.4. The third-order valence-corrected chi connectivity index (χ3v) is 3.31. The first-order valence-corrected chi connectivity index (χ1v) is 6.27. The highest BCUT2D eigenvalue weighted by Gasteiger charge is 2.17. The van der Waals surface area contributed by atoms with E-state index in [0.29, 0.717) is 0 Å². The van der Waals surface area contributed by atoms with Crippen LogP contribution in [0.2, 0.25) is 0 Å². The maximum atomic E-state index is 11.3. The van der Waals surface area contributed by atoms with Gasteiger partial charge in [-0.25, -0.2) is 5.84 Å². The molecule has 0 atom stereocenters. The number of nitrogen functional groups attached to an aromatic ring is 1. The molecule has 0 aliphatic carbocycles. The number of nitrogens with zero attached hydrogens (tertiary/aromatic N) is 2. The Morgan fingerprint density at radius 3 is 2.61 bits per heavy atom. The Balaban J connectivity index is 1.86. The maximum Gasteiger partial charge on any atom is 0.300 e. The van der Waals surface area contributed by atoms with Crippen LogP contribution in [0.4, 0.5) is 0 Å². The summed E-state index contributed by atoms with van der Waals surface area (Å²) in [6.07, 6.45) is 0. The van der Waals surface area contributed by atoms with E-state index in [0.717, 1.165) is 45.0 Å². The molecule has 1 aliphatic heterocycles. The lowest BCUT2D eigenvalue weighted by molar-refractivity contribution is 0.0917. The summed E-state index contributed by atoms with van der Waals surface area (Å²) in [6, 6.07) is 3.48. The Morgan fingerprint density at radius 2 is 2.00 bits per heavy atom. The smallest absolute Gasteiger partial charge is 0.300 e. The first kappa shape index (κ1) is 13.1. The number of rotatable bonds is 4. The summed E-state index contributed by atoms with van der Waals surface area (Å²) in [5.74, 6) is 5.73. The number of furan rings is 1. The molecule has 1 amide bonds. The second kappa shape index (κ2) is 5.99. The molecule has 18 heavy (non-hydrogen) atoms. The van der Waals surface area contributed by atoms with Gasteiger partial charge in [0.15, 0.2) is 5.76 Å². The van der Waals surface area contributed by atoms with E-state index in [2.05, 4.69) is 22.1 Å². The van der Waals surface area contributed by atoms with Gasteiger partial charge < -0.3 is 9.32 Å². The molecule has 2 heterocycles. The van der Waals surface area contributed by atoms with Gasteiger partial charge in [0.2, 0.25) is 0 Å². The van der Waals surface area contributed by atoms with Crippen LogP contribution in [0.3, 0.4) is 0 Å². The number of nitrogens with two attached hydrogens (primary N) is 1. The number of piperazine rings is 1. The molecule has 2 rings (SSSR count). The molecular formula is C12H20N4O2. The molecule has 0 saturated carbocycles. The maximum absolute atomic E-state index is 11.3. The number of likely N-dealkylation sites (N-methyl/N-ethyl adjacent to an activating group) is 1. The lowest BCUT2D eigenvalue weighted by atomic mass is 10.3. The fourth-order valence-electron chi connectivity index (χ4n) is 2.14. The Hall–Kier alpha value is -1.37. The lowest BCUT2D eigenvalue weighted by Gasteiger charge is -2.33. The summed E-state index contributed by atoms with van der Waals surface area (Å²) in [7, 11) is 0. The second-order valence-corrected chi connectivity index (χ2v) is 4.45. The van der Waals surface area contributed by atoms with Crippen molar-refractivity contribution in [3.8, 4) is 0 Å². The molecule has 1 aliphatic rings. The summed E-state index contributed by atoms with van der Waals surface area (Å²) in [5, 5.41) is 0. The highest BCUT2D eigenvalue weighted by molar-refractivity contribution is 5.90. The van der Waals surface area contributed by atoms with Gasteiger partial charge >= 0.3 is 5.91 Å². The van der Waals surface area contributed by atoms with Crippen LogP contribution in [0.15, 0.2) is 16.5 Å². The van der Waals surface area contributed by atoms with E-state index in [1.807, 2.05) is 6.07 Å². The van der Waals surface area contributed by atoms with Crippen molar-refractivity contribution in [2.24, 2.45) is 5.84 Å². The number of nitrogens with one attached hydrogen (secondary N) is 1. The normalized spacial score (nSPS) is 17.9. The molecule has 1 fully saturated rings. The molecule has 1 saturated heterocycles. The van der Waals surface area contributed by atoms with Crippen LogP contribution in [0.5, 0.6) is 0 Å². The van der Waals surface area contributed by atoms with E-state index in [1.165, 1.54) is 0 Å². The highest BCUT2D eigenvalue weighted by Crippen LogP contribution is 2.12. The first-order chi connectivity index (χ1) is 8.72. The van der Waals surface area contributed by atoms with E-state index in [-0.39, 0.29) is 5.76 Å². The van der Waals surface area contributed by atoms with Gasteiger partial charge in [-0.3, -0.25) is 15.1 Å². The van der Waals surface area contributed by atoms with Gasteiger partial charge in [-0.05, 0) is 18.7 Å². The van der Waals surface area contributed by atoms with Crippen LogP contribution < -0.4 is 11.3 Å². The third kappa shape index (κ3) is 3.10. The van der Waals surface area contributed by atoms with Crippen molar-refractivity contribution in [2.75, 3.05) is 32.7 Å². The van der Waals surface area contributed by atoms with Gasteiger partial charge in [-0.15, -0.1) is 0 Å². The number of hydrogen-bond donors (Lipinski definition) is 2. The zero-order valence-electron chi connectivity index (χ0n) is 10.7. The molecule has 0 spiro atoms. The molecule has 6 heteroatoms. The molecule has 0 unspecified atom stereocenters. The minimum atomic E-state index is -0.392. The molecule has 3 N–H and O–H groups in total. The van der Waals surface area contributed by atoms with E-state index in [9.17, 15) is 4.79 Å². The van der Waals surface area contributed by atoms with Crippen LogP contribution >= 0.6 is 0 Å². The van der Waals surface area contributed by atoms with E-state index in [1.54, 1.807) is 6.07 Å². The van der Waals surface area contributed by atoms with E-state index >= 15 is 0 Å². The number of amides is 1. The second-order valence-electron chi connectivity index (χ2n) is 4.45. The number of carbonyl (C=O) groups excluding carboxylic acids is 1. The molecule has 100 valence electrons. The van der Waals surface area contributed by atoms with Crippen molar-refractivity contribution >= 4 is 5.91 Å². The molecule has 1 aromatic rings. The number of carbonyl (C=O) groups is 1. The zero-order chi connectivity index (χ0) is 13.0. The van der Waals surface area contributed by atoms with Crippen molar-refractivity contribution in [1.82, 2.24) is 15.2 Å². The molecule has 1 aromatic heterocycles. The van der Waals surface area contributed by atoms with Gasteiger partial charge in [0.05, 0.1) is 6.54 Å². The van der Waals surface area contributed by atoms with Crippen molar-refractivity contribution in [1.29, 1.82) is 0 Å². The predicted octanol–water partition coefficient (Wildman–Crippen LogP) is 0.0206. The monoisotopic (exact) mass is 252 g/mol. The Kier molecular flexibility index (Phi) is 4.35. The van der Waals surface area contributed by atoms with Crippen LogP contribution in [0, 0.1) is 0 Å². The average molecular weight is 252 g/mol. The van der Waals surface area contributed by atoms with Crippen molar-refractivity contribution in [3.05, 3.63) is 23.7 Å². The predicted molar refractivity (Wildman–Crippen MR) is 67.8 cm³/mol. The quantitative estimate of drug-likeness (QED) is 0.449. The third-order valence-electron chi connectivity index (χ3n) is 3.31. The van der Waals surface area contributed by atoms with Crippen LogP contribution in [0.25, 0.3) is 0 Å². The van der Waals surface area contributed by atoms with E-state index < -0.39 is 5.91 Å². The summed E-state index contributed by atoms with van der Waals surface area (Å²) in [4.78, 5) is 16.0. The number of hydrogen-bond acceptors (Lipinski definition) is 5. The van der Waals surface area contributed by atoms with Gasteiger partial charge in [-0.1, -0.05) is 6.92 Å². The largest absolute Gasteiger partial charge is 0.455 e. The summed E-state index contributed by atoms with van der Waals surface area (Å²) in [5.41, 5.74) is 2.06. The van der Waals surface area contributed by atoms with Crippen LogP contribution in [-0.2, 0) is 6.54 Å². The minimum absolute atomic E-state index is 0.264. The van der Waals surface area contributed by atoms with Gasteiger partial charge in [0.25, 0.3) is 0 Å². The Morgan fingerprint density at radius 1 is 1.33 bits per heavy atom. The summed E-state index contributed by atoms with van der Waals surface area (Å²) < 4.78 is 5.44. The zero-order valence-corrected chi connectivity index (χ0v) is 10.7. The fraction of sp³-hybridized carbons (Fsp3) is 0.583. The van der Waals surface area contributed by atoms with Crippen molar-refractivity contribution < 1.29 is 9.21 Å². The first-order valence-electron chi connectivity index (χ1n) is 6.27. The molecule has 0 radical (unpaired) electrons. The molecule has 6 nitrogen and oxygen atoms in total. The summed E-state index contributed by atoms with van der Waals surface area (Å²) in [6.45, 7) is 8.28. The van der Waals surface area contributed by atoms with E-state index in [4.69, 9.17) is 10.3 Å². The number of hydrazine groups is 1. The molecule has 0 aromatic carbocycles. The SMILES string of the molecule is CCN1CCN(Cc2ccc(C(=O)NN)o2)CC1. The van der Waals surface area contributed by atoms with Gasteiger partial charge in [-0.2, -0.15) is 0 Å². The topological polar surface area (TPSA) is 74.7 Å². The average Bonchev–Trinajstić information content (AvgIpc) is 2.87. The van der Waals surface area contributed by atoms with Gasteiger partial charge in [0, 0.05) is 26.2 Å².